The number of guanidine groups is 1. The van der Waals surface area contributed by atoms with Gasteiger partial charge in [0.2, 0.25) is 0 Å². The van der Waals surface area contributed by atoms with Crippen LogP contribution >= 0.6 is 35.3 Å². The first kappa shape index (κ1) is 22.7. The van der Waals surface area contributed by atoms with Crippen LogP contribution in [0.15, 0.2) is 29.3 Å². The van der Waals surface area contributed by atoms with Crippen LogP contribution in [0.2, 0.25) is 0 Å². The number of nitrogens with one attached hydrogen (secondary N) is 2. The Morgan fingerprint density at radius 1 is 1.27 bits per heavy atom. The van der Waals surface area contributed by atoms with Gasteiger partial charge in [0.1, 0.15) is 5.75 Å². The highest BCUT2D eigenvalue weighted by molar-refractivity contribution is 14.0. The van der Waals surface area contributed by atoms with Gasteiger partial charge < -0.3 is 15.4 Å². The summed E-state index contributed by atoms with van der Waals surface area (Å²) in [5.74, 6) is 1.67. The number of aryl methyl sites for hydroxylation is 2. The van der Waals surface area contributed by atoms with Crippen molar-refractivity contribution in [1.29, 1.82) is 0 Å². The Morgan fingerprint density at radius 3 is 2.58 bits per heavy atom. The van der Waals surface area contributed by atoms with Gasteiger partial charge in [-0.3, -0.25) is 4.99 Å². The molecule has 0 saturated carbocycles. The fourth-order valence-electron chi connectivity index (χ4n) is 2.57. The van der Waals surface area contributed by atoms with Crippen LogP contribution < -0.4 is 15.4 Å². The molecule has 7 heteroatoms. The molecule has 2 aromatic rings. The molecule has 26 heavy (non-hydrogen) atoms. The van der Waals surface area contributed by atoms with E-state index in [-0.39, 0.29) is 29.4 Å². The minimum absolute atomic E-state index is 0. The van der Waals surface area contributed by atoms with Crippen molar-refractivity contribution in [2.45, 2.75) is 39.7 Å². The lowest BCUT2D eigenvalue weighted by molar-refractivity contribution is 0.411. The van der Waals surface area contributed by atoms with Crippen LogP contribution in [0.4, 0.5) is 0 Å². The van der Waals surface area contributed by atoms with Crippen molar-refractivity contribution in [3.63, 3.8) is 0 Å². The van der Waals surface area contributed by atoms with Gasteiger partial charge in [-0.25, -0.2) is 4.98 Å². The van der Waals surface area contributed by atoms with E-state index in [2.05, 4.69) is 46.6 Å². The van der Waals surface area contributed by atoms with Crippen molar-refractivity contribution in [3.8, 4) is 5.75 Å². The van der Waals surface area contributed by atoms with Crippen LogP contribution in [-0.2, 0) is 12.0 Å². The predicted octanol–water partition coefficient (Wildman–Crippen LogP) is 4.03. The highest BCUT2D eigenvalue weighted by atomic mass is 127. The van der Waals surface area contributed by atoms with Crippen molar-refractivity contribution in [3.05, 3.63) is 45.4 Å². The second-order valence-corrected chi connectivity index (χ2v) is 7.92. The van der Waals surface area contributed by atoms with Crippen molar-refractivity contribution in [1.82, 2.24) is 15.6 Å². The smallest absolute Gasteiger partial charge is 0.191 e. The second-order valence-electron chi connectivity index (χ2n) is 6.64. The molecule has 0 aliphatic carbocycles. The van der Waals surface area contributed by atoms with Gasteiger partial charge >= 0.3 is 0 Å². The fraction of sp³-hybridized carbons (Fsp3) is 0.474. The molecule has 2 N–H and O–H groups in total. The molecule has 0 aliphatic rings. The van der Waals surface area contributed by atoms with Crippen LogP contribution in [0.3, 0.4) is 0 Å². The Kier molecular flexibility index (Phi) is 8.82. The third-order valence-corrected chi connectivity index (χ3v) is 5.26. The monoisotopic (exact) mass is 488 g/mol. The van der Waals surface area contributed by atoms with E-state index >= 15 is 0 Å². The number of halogens is 1. The van der Waals surface area contributed by atoms with Gasteiger partial charge in [0, 0.05) is 23.9 Å². The topological polar surface area (TPSA) is 58.5 Å². The summed E-state index contributed by atoms with van der Waals surface area (Å²) in [7, 11) is 3.48. The number of aromatic nitrogens is 1. The number of ether oxygens (including phenoxy) is 1. The quantitative estimate of drug-likeness (QED) is 0.366. The molecule has 144 valence electrons. The van der Waals surface area contributed by atoms with Gasteiger partial charge in [0.15, 0.2) is 5.96 Å². The van der Waals surface area contributed by atoms with Crippen molar-refractivity contribution in [2.75, 3.05) is 20.7 Å². The van der Waals surface area contributed by atoms with E-state index in [0.717, 1.165) is 35.5 Å². The predicted molar refractivity (Wildman–Crippen MR) is 121 cm³/mol. The fourth-order valence-corrected chi connectivity index (χ4v) is 3.45. The summed E-state index contributed by atoms with van der Waals surface area (Å²) in [5.41, 5.74) is 2.26. The van der Waals surface area contributed by atoms with Crippen LogP contribution in [0.25, 0.3) is 0 Å². The van der Waals surface area contributed by atoms with Gasteiger partial charge in [0.25, 0.3) is 0 Å². The Balaban J connectivity index is 0.00000338. The molecule has 1 aromatic heterocycles. The number of methoxy groups -OCH3 is 1. The molecule has 0 saturated heterocycles. The molecular formula is C19H29IN4OS. The number of nitrogens with zero attached hydrogens (tertiary/aromatic N) is 2. The molecule has 1 aromatic carbocycles. The molecule has 0 aliphatic heterocycles. The molecule has 0 spiro atoms. The van der Waals surface area contributed by atoms with Gasteiger partial charge in [-0.15, -0.1) is 35.3 Å². The summed E-state index contributed by atoms with van der Waals surface area (Å²) >= 11 is 1.72. The first-order valence-corrected chi connectivity index (χ1v) is 9.19. The summed E-state index contributed by atoms with van der Waals surface area (Å²) in [6, 6.07) is 8.20. The van der Waals surface area contributed by atoms with E-state index in [4.69, 9.17) is 4.74 Å². The average molecular weight is 488 g/mol. The lowest BCUT2D eigenvalue weighted by Crippen LogP contribution is -2.43. The zero-order valence-electron chi connectivity index (χ0n) is 16.3. The van der Waals surface area contributed by atoms with Crippen LogP contribution in [0.1, 0.15) is 35.0 Å². The molecule has 2 rings (SSSR count). The van der Waals surface area contributed by atoms with E-state index in [1.165, 1.54) is 10.4 Å². The minimum atomic E-state index is -0.0524. The third-order valence-electron chi connectivity index (χ3n) is 4.19. The number of hydrogen-bond acceptors (Lipinski definition) is 4. The summed E-state index contributed by atoms with van der Waals surface area (Å²) < 4.78 is 5.34. The molecule has 0 amide bonds. The largest absolute Gasteiger partial charge is 0.497 e. The van der Waals surface area contributed by atoms with Crippen LogP contribution in [0, 0.1) is 13.8 Å². The number of aliphatic imine (C=N–C) groups is 1. The highest BCUT2D eigenvalue weighted by Crippen LogP contribution is 2.25. The Morgan fingerprint density at radius 2 is 2.00 bits per heavy atom. The molecule has 0 fully saturated rings. The van der Waals surface area contributed by atoms with Gasteiger partial charge in [-0.05, 0) is 31.5 Å². The van der Waals surface area contributed by atoms with Crippen molar-refractivity contribution in [2.24, 2.45) is 4.99 Å². The van der Waals surface area contributed by atoms with E-state index in [1.807, 2.05) is 26.0 Å². The van der Waals surface area contributed by atoms with Gasteiger partial charge in [-0.1, -0.05) is 26.0 Å². The molecular weight excluding hydrogens is 459 g/mol. The lowest BCUT2D eigenvalue weighted by Gasteiger charge is -2.27. The van der Waals surface area contributed by atoms with Gasteiger partial charge in [0.05, 0.1) is 24.4 Å². The maximum Gasteiger partial charge on any atom is 0.191 e. The van der Waals surface area contributed by atoms with Crippen molar-refractivity contribution < 1.29 is 4.74 Å². The number of hydrogen-bond donors (Lipinski definition) is 2. The minimum Gasteiger partial charge on any atom is -0.497 e. The van der Waals surface area contributed by atoms with E-state index in [9.17, 15) is 0 Å². The van der Waals surface area contributed by atoms with Gasteiger partial charge in [-0.2, -0.15) is 0 Å². The average Bonchev–Trinajstić information content (AvgIpc) is 2.92. The van der Waals surface area contributed by atoms with E-state index < -0.39 is 0 Å². The maximum absolute atomic E-state index is 5.34. The van der Waals surface area contributed by atoms with E-state index in [0.29, 0.717) is 0 Å². The first-order valence-electron chi connectivity index (χ1n) is 8.37. The van der Waals surface area contributed by atoms with E-state index in [1.54, 1.807) is 25.5 Å². The molecule has 0 radical (unpaired) electrons. The lowest BCUT2D eigenvalue weighted by atomic mass is 9.84. The number of thiazole rings is 1. The Hall–Kier alpha value is -1.35. The van der Waals surface area contributed by atoms with Crippen molar-refractivity contribution >= 4 is 41.3 Å². The molecule has 0 unspecified atom stereocenters. The summed E-state index contributed by atoms with van der Waals surface area (Å²) in [4.78, 5) is 10.0. The Labute approximate surface area is 177 Å². The summed E-state index contributed by atoms with van der Waals surface area (Å²) in [5, 5.41) is 7.89. The Bertz CT molecular complexity index is 743. The zero-order valence-corrected chi connectivity index (χ0v) is 19.5. The maximum atomic E-state index is 5.34. The molecule has 0 bridgehead atoms. The number of rotatable bonds is 6. The summed E-state index contributed by atoms with van der Waals surface area (Å²) in [6.45, 7) is 9.99. The second kappa shape index (κ2) is 10.1. The number of benzene rings is 1. The standard InChI is InChI=1S/C19H28N4OS.HI/c1-13-17(25-14(2)23-13)11-21-18(20-5)22-12-19(3,4)15-8-7-9-16(10-15)24-6;/h7-10H,11-12H2,1-6H3,(H2,20,21,22);1H. The molecule has 0 atom stereocenters. The zero-order chi connectivity index (χ0) is 18.4. The van der Waals surface area contributed by atoms with Crippen LogP contribution in [-0.4, -0.2) is 31.6 Å². The molecule has 1 heterocycles. The first-order chi connectivity index (χ1) is 11.9. The highest BCUT2D eigenvalue weighted by Gasteiger charge is 2.21. The SMILES string of the molecule is CN=C(NCc1sc(C)nc1C)NCC(C)(C)c1cccc(OC)c1.I. The van der Waals surface area contributed by atoms with Crippen LogP contribution in [0.5, 0.6) is 5.75 Å². The third kappa shape index (κ3) is 6.12. The summed E-state index contributed by atoms with van der Waals surface area (Å²) in [6.07, 6.45) is 0. The molecule has 5 nitrogen and oxygen atoms in total. The normalized spacial score (nSPS) is 11.7.